The smallest absolute Gasteiger partial charge is 0.421 e. The maximum atomic E-state index is 11.8. The molecule has 0 atom stereocenters. The minimum Gasteiger partial charge on any atom is -0.444 e. The van der Waals surface area contributed by atoms with E-state index >= 15 is 0 Å². The summed E-state index contributed by atoms with van der Waals surface area (Å²) in [4.78, 5) is 25.3. The monoisotopic (exact) mass is 261 g/mol. The first-order valence-electron chi connectivity index (χ1n) is 5.49. The molecule has 0 aliphatic carbocycles. The molecule has 0 radical (unpaired) electrons. The van der Waals surface area contributed by atoms with E-state index in [9.17, 15) is 14.9 Å². The van der Waals surface area contributed by atoms with Gasteiger partial charge in [0.25, 0.3) is 0 Å². The van der Waals surface area contributed by atoms with Crippen LogP contribution in [0.15, 0.2) is 36.5 Å². The Kier molecular flexibility index (Phi) is 3.56. The van der Waals surface area contributed by atoms with E-state index in [1.165, 1.54) is 6.92 Å². The van der Waals surface area contributed by atoms with Gasteiger partial charge in [-0.05, 0) is 15.5 Å². The number of carbonyl (C=O) groups excluding carboxylic acids is 1. The molecule has 0 aliphatic rings. The summed E-state index contributed by atoms with van der Waals surface area (Å²) in [5, 5.41) is 10.5. The molecule has 0 bridgehead atoms. The molecule has 1 heterocycles. The van der Waals surface area contributed by atoms with Crippen LogP contribution in [0.25, 0.3) is 0 Å². The topological polar surface area (TPSA) is 87.3 Å². The van der Waals surface area contributed by atoms with Crippen molar-refractivity contribution in [3.8, 4) is 0 Å². The fourth-order valence-corrected chi connectivity index (χ4v) is 1.52. The van der Waals surface area contributed by atoms with Crippen molar-refractivity contribution in [1.82, 2.24) is 9.55 Å². The fraction of sp³-hybridized carbons (Fsp3) is 0.167. The predicted octanol–water partition coefficient (Wildman–Crippen LogP) is 2.28. The highest BCUT2D eigenvalue weighted by Crippen LogP contribution is 2.11. The van der Waals surface area contributed by atoms with Crippen LogP contribution in [0.4, 0.5) is 10.6 Å². The van der Waals surface area contributed by atoms with Gasteiger partial charge in [-0.15, -0.1) is 0 Å². The number of nitro groups is 1. The van der Waals surface area contributed by atoms with E-state index in [2.05, 4.69) is 4.98 Å². The van der Waals surface area contributed by atoms with Crippen molar-refractivity contribution in [3.63, 3.8) is 0 Å². The average molecular weight is 261 g/mol. The van der Waals surface area contributed by atoms with Gasteiger partial charge in [-0.3, -0.25) is 0 Å². The first-order chi connectivity index (χ1) is 9.08. The Bertz CT molecular complexity index is 607. The molecule has 2 rings (SSSR count). The molecule has 1 aromatic heterocycles. The summed E-state index contributed by atoms with van der Waals surface area (Å²) in [5.41, 5.74) is 0.836. The number of aromatic nitrogens is 2. The second kappa shape index (κ2) is 5.30. The van der Waals surface area contributed by atoms with Gasteiger partial charge in [0.05, 0.1) is 0 Å². The highest BCUT2D eigenvalue weighted by molar-refractivity contribution is 5.71. The third kappa shape index (κ3) is 2.95. The van der Waals surface area contributed by atoms with Gasteiger partial charge < -0.3 is 14.9 Å². The van der Waals surface area contributed by atoms with Gasteiger partial charge in [0, 0.05) is 6.92 Å². The van der Waals surface area contributed by atoms with Crippen LogP contribution in [0.5, 0.6) is 0 Å². The summed E-state index contributed by atoms with van der Waals surface area (Å²) in [7, 11) is 0. The average Bonchev–Trinajstić information content (AvgIpc) is 2.80. The Balaban J connectivity index is 2.06. The standard InChI is InChI=1S/C12H11N3O4/c1-9-13-11(15(17)18)7-14(9)12(16)19-8-10-5-3-2-4-6-10/h2-7H,8H2,1H3. The number of imidazole rings is 1. The summed E-state index contributed by atoms with van der Waals surface area (Å²) in [6.07, 6.45) is 0.352. The Morgan fingerprint density at radius 1 is 1.42 bits per heavy atom. The van der Waals surface area contributed by atoms with Gasteiger partial charge in [0.2, 0.25) is 5.82 Å². The fourth-order valence-electron chi connectivity index (χ4n) is 1.52. The van der Waals surface area contributed by atoms with E-state index in [0.29, 0.717) is 0 Å². The van der Waals surface area contributed by atoms with Crippen LogP contribution < -0.4 is 0 Å². The van der Waals surface area contributed by atoms with Gasteiger partial charge in [0.15, 0.2) is 0 Å². The van der Waals surface area contributed by atoms with E-state index in [-0.39, 0.29) is 18.2 Å². The first-order valence-corrected chi connectivity index (χ1v) is 5.49. The van der Waals surface area contributed by atoms with Gasteiger partial charge in [-0.25, -0.2) is 9.36 Å². The van der Waals surface area contributed by atoms with Crippen LogP contribution in [0.2, 0.25) is 0 Å². The molecular formula is C12H11N3O4. The van der Waals surface area contributed by atoms with Gasteiger partial charge in [-0.2, -0.15) is 0 Å². The predicted molar refractivity (Wildman–Crippen MR) is 65.6 cm³/mol. The van der Waals surface area contributed by atoms with Crippen LogP contribution in [0.3, 0.4) is 0 Å². The Hall–Kier alpha value is -2.70. The molecule has 2 aromatic rings. The lowest BCUT2D eigenvalue weighted by atomic mass is 10.2. The van der Waals surface area contributed by atoms with Crippen LogP contribution in [0, 0.1) is 17.0 Å². The van der Waals surface area contributed by atoms with Crippen molar-refractivity contribution in [1.29, 1.82) is 0 Å². The summed E-state index contributed by atoms with van der Waals surface area (Å²) < 4.78 is 6.06. The number of nitrogens with zero attached hydrogens (tertiary/aromatic N) is 3. The van der Waals surface area contributed by atoms with Crippen LogP contribution in [-0.4, -0.2) is 20.6 Å². The molecule has 7 nitrogen and oxygen atoms in total. The van der Waals surface area contributed by atoms with Gasteiger partial charge >= 0.3 is 11.9 Å². The Morgan fingerprint density at radius 2 is 2.11 bits per heavy atom. The van der Waals surface area contributed by atoms with Crippen molar-refractivity contribution in [2.45, 2.75) is 13.5 Å². The number of rotatable bonds is 3. The molecule has 1 aromatic carbocycles. The van der Waals surface area contributed by atoms with Gasteiger partial charge in [-0.1, -0.05) is 30.3 Å². The largest absolute Gasteiger partial charge is 0.444 e. The van der Waals surface area contributed by atoms with E-state index in [1.54, 1.807) is 0 Å². The van der Waals surface area contributed by atoms with Crippen molar-refractivity contribution < 1.29 is 14.5 Å². The van der Waals surface area contributed by atoms with Crippen LogP contribution >= 0.6 is 0 Å². The minimum atomic E-state index is -0.693. The molecule has 0 unspecified atom stereocenters. The summed E-state index contributed by atoms with van der Waals surface area (Å²) in [6, 6.07) is 9.15. The summed E-state index contributed by atoms with van der Waals surface area (Å²) in [6.45, 7) is 1.60. The Labute approximate surface area is 108 Å². The molecular weight excluding hydrogens is 250 g/mol. The molecule has 0 fully saturated rings. The number of hydrogen-bond donors (Lipinski definition) is 0. The highest BCUT2D eigenvalue weighted by Gasteiger charge is 2.20. The van der Waals surface area contributed by atoms with Crippen molar-refractivity contribution >= 4 is 11.9 Å². The zero-order valence-corrected chi connectivity index (χ0v) is 10.1. The maximum absolute atomic E-state index is 11.8. The lowest BCUT2D eigenvalue weighted by molar-refractivity contribution is -0.389. The van der Waals surface area contributed by atoms with Crippen molar-refractivity contribution in [3.05, 3.63) is 58.0 Å². The minimum absolute atomic E-state index is 0.102. The number of hydrogen-bond acceptors (Lipinski definition) is 5. The zero-order valence-electron chi connectivity index (χ0n) is 10.1. The number of carbonyl (C=O) groups is 1. The molecule has 19 heavy (non-hydrogen) atoms. The number of benzene rings is 1. The first kappa shape index (κ1) is 12.7. The van der Waals surface area contributed by atoms with E-state index in [4.69, 9.17) is 4.74 Å². The molecule has 0 amide bonds. The lowest BCUT2D eigenvalue weighted by Crippen LogP contribution is -2.14. The molecule has 0 N–H and O–H groups in total. The Morgan fingerprint density at radius 3 is 2.68 bits per heavy atom. The van der Waals surface area contributed by atoms with Crippen molar-refractivity contribution in [2.75, 3.05) is 0 Å². The second-order valence-corrected chi connectivity index (χ2v) is 3.81. The third-order valence-corrected chi connectivity index (χ3v) is 2.46. The van der Waals surface area contributed by atoms with Crippen LogP contribution in [0.1, 0.15) is 11.4 Å². The van der Waals surface area contributed by atoms with E-state index < -0.39 is 11.0 Å². The molecule has 0 saturated heterocycles. The normalized spacial score (nSPS) is 10.2. The third-order valence-electron chi connectivity index (χ3n) is 2.46. The van der Waals surface area contributed by atoms with Crippen LogP contribution in [-0.2, 0) is 11.3 Å². The summed E-state index contributed by atoms with van der Waals surface area (Å²) in [5.74, 6) is -0.168. The van der Waals surface area contributed by atoms with Crippen molar-refractivity contribution in [2.24, 2.45) is 0 Å². The van der Waals surface area contributed by atoms with Gasteiger partial charge in [0.1, 0.15) is 12.8 Å². The molecule has 98 valence electrons. The highest BCUT2D eigenvalue weighted by atomic mass is 16.6. The second-order valence-electron chi connectivity index (χ2n) is 3.81. The maximum Gasteiger partial charge on any atom is 0.421 e. The van der Waals surface area contributed by atoms with E-state index in [1.807, 2.05) is 30.3 Å². The zero-order chi connectivity index (χ0) is 13.8. The lowest BCUT2D eigenvalue weighted by Gasteiger charge is -2.04. The number of ether oxygens (including phenoxy) is 1. The summed E-state index contributed by atoms with van der Waals surface area (Å²) >= 11 is 0. The molecule has 0 aliphatic heterocycles. The SMILES string of the molecule is Cc1nc([N+](=O)[O-])cn1C(=O)OCc1ccccc1. The molecule has 0 spiro atoms. The molecule has 7 heteroatoms. The molecule has 0 saturated carbocycles. The number of aryl methyl sites for hydroxylation is 1. The van der Waals surface area contributed by atoms with E-state index in [0.717, 1.165) is 16.3 Å². The quantitative estimate of drug-likeness (QED) is 0.624.